The van der Waals surface area contributed by atoms with E-state index >= 15 is 0 Å². The Morgan fingerprint density at radius 1 is 1.60 bits per heavy atom. The third-order valence-corrected chi connectivity index (χ3v) is 2.12. The molecule has 0 saturated carbocycles. The summed E-state index contributed by atoms with van der Waals surface area (Å²) in [4.78, 5) is 23.6. The molecule has 1 fully saturated rings. The number of carbonyl (C=O) groups is 2. The summed E-state index contributed by atoms with van der Waals surface area (Å²) >= 11 is 0. The van der Waals surface area contributed by atoms with Crippen molar-refractivity contribution >= 4 is 11.9 Å². The smallest absolute Gasteiger partial charge is 0.324 e. The zero-order valence-electron chi connectivity index (χ0n) is 9.01. The molecule has 0 unspecified atom stereocenters. The fourth-order valence-corrected chi connectivity index (χ4v) is 1.34. The molecule has 0 aromatic rings. The van der Waals surface area contributed by atoms with E-state index in [2.05, 4.69) is 24.1 Å². The first kappa shape index (κ1) is 11.7. The van der Waals surface area contributed by atoms with Crippen LogP contribution in [0.5, 0.6) is 0 Å². The van der Waals surface area contributed by atoms with Crippen LogP contribution in [0.4, 0.5) is 4.79 Å². The molecule has 15 heavy (non-hydrogen) atoms. The van der Waals surface area contributed by atoms with Crippen molar-refractivity contribution in [2.75, 3.05) is 26.2 Å². The quantitative estimate of drug-likeness (QED) is 0.372. The van der Waals surface area contributed by atoms with Crippen molar-refractivity contribution in [2.45, 2.75) is 13.3 Å². The molecule has 1 heterocycles. The number of hydrogen-bond acceptors (Lipinski definition) is 3. The molecule has 1 rings (SSSR count). The Bertz CT molecular complexity index is 260. The molecule has 0 aromatic carbocycles. The van der Waals surface area contributed by atoms with E-state index in [1.165, 1.54) is 4.90 Å². The summed E-state index contributed by atoms with van der Waals surface area (Å²) in [6, 6.07) is -0.323. The van der Waals surface area contributed by atoms with Crippen LogP contribution in [0.1, 0.15) is 13.3 Å². The van der Waals surface area contributed by atoms with Crippen molar-refractivity contribution in [2.24, 2.45) is 0 Å². The largest absolute Gasteiger partial charge is 0.329 e. The third-order valence-electron chi connectivity index (χ3n) is 2.12. The summed E-state index contributed by atoms with van der Waals surface area (Å²) in [7, 11) is 0. The minimum absolute atomic E-state index is 0.106. The Balaban J connectivity index is 2.31. The average Bonchev–Trinajstić information content (AvgIpc) is 2.50. The van der Waals surface area contributed by atoms with Gasteiger partial charge in [0.15, 0.2) is 0 Å². The third kappa shape index (κ3) is 3.36. The zero-order chi connectivity index (χ0) is 11.3. The van der Waals surface area contributed by atoms with E-state index in [-0.39, 0.29) is 18.5 Å². The lowest BCUT2D eigenvalue weighted by atomic mass is 10.3. The van der Waals surface area contributed by atoms with Gasteiger partial charge in [0, 0.05) is 6.54 Å². The van der Waals surface area contributed by atoms with Crippen molar-refractivity contribution in [1.82, 2.24) is 15.5 Å². The molecule has 1 aliphatic rings. The second kappa shape index (κ2) is 5.50. The van der Waals surface area contributed by atoms with E-state index in [1.54, 1.807) is 0 Å². The first-order valence-corrected chi connectivity index (χ1v) is 5.10. The van der Waals surface area contributed by atoms with Crippen LogP contribution in [-0.2, 0) is 4.79 Å². The van der Waals surface area contributed by atoms with Crippen LogP contribution in [0, 0.1) is 0 Å². The summed E-state index contributed by atoms with van der Waals surface area (Å²) in [5.41, 5.74) is 0.842. The maximum absolute atomic E-state index is 11.2. The lowest BCUT2D eigenvalue weighted by Gasteiger charge is -2.14. The first-order valence-electron chi connectivity index (χ1n) is 5.10. The predicted molar refractivity (Wildman–Crippen MR) is 57.4 cm³/mol. The van der Waals surface area contributed by atoms with Crippen LogP contribution in [0.3, 0.4) is 0 Å². The van der Waals surface area contributed by atoms with E-state index in [4.69, 9.17) is 0 Å². The Kier molecular flexibility index (Phi) is 4.30. The molecule has 0 atom stereocenters. The van der Waals surface area contributed by atoms with Gasteiger partial charge in [0.25, 0.3) is 0 Å². The van der Waals surface area contributed by atoms with E-state index in [0.29, 0.717) is 13.1 Å². The lowest BCUT2D eigenvalue weighted by molar-refractivity contribution is -0.124. The van der Waals surface area contributed by atoms with Crippen molar-refractivity contribution in [3.63, 3.8) is 0 Å². The lowest BCUT2D eigenvalue weighted by Crippen LogP contribution is -2.34. The topological polar surface area (TPSA) is 61.4 Å². The van der Waals surface area contributed by atoms with Crippen molar-refractivity contribution in [1.29, 1.82) is 0 Å². The first-order chi connectivity index (χ1) is 7.15. The van der Waals surface area contributed by atoms with Gasteiger partial charge >= 0.3 is 6.03 Å². The van der Waals surface area contributed by atoms with Crippen molar-refractivity contribution in [3.05, 3.63) is 12.2 Å². The molecule has 5 heteroatoms. The highest BCUT2D eigenvalue weighted by Gasteiger charge is 2.28. The zero-order valence-corrected chi connectivity index (χ0v) is 9.01. The molecule has 0 aromatic heterocycles. The monoisotopic (exact) mass is 211 g/mol. The standard InChI is InChI=1S/C10H17N3O2/c1-3-4-11-5-8(2)7-13-9(14)6-12-10(13)15/h11H,2-7H2,1H3,(H,12,15). The molecule has 0 bridgehead atoms. The second-order valence-corrected chi connectivity index (χ2v) is 3.57. The number of nitrogens with one attached hydrogen (secondary N) is 2. The van der Waals surface area contributed by atoms with E-state index < -0.39 is 0 Å². The van der Waals surface area contributed by atoms with Gasteiger partial charge in [-0.15, -0.1) is 0 Å². The average molecular weight is 211 g/mol. The Morgan fingerprint density at radius 2 is 2.33 bits per heavy atom. The van der Waals surface area contributed by atoms with Gasteiger partial charge < -0.3 is 10.6 Å². The van der Waals surface area contributed by atoms with Gasteiger partial charge in [-0.3, -0.25) is 9.69 Å². The van der Waals surface area contributed by atoms with Crippen LogP contribution >= 0.6 is 0 Å². The van der Waals surface area contributed by atoms with Gasteiger partial charge in [-0.25, -0.2) is 4.79 Å². The number of nitrogens with zero attached hydrogens (tertiary/aromatic N) is 1. The molecule has 5 nitrogen and oxygen atoms in total. The summed E-state index contributed by atoms with van der Waals surface area (Å²) in [6.07, 6.45) is 1.05. The molecule has 1 aliphatic heterocycles. The van der Waals surface area contributed by atoms with E-state index in [1.807, 2.05) is 0 Å². The number of rotatable bonds is 6. The van der Waals surface area contributed by atoms with Crippen LogP contribution in [0.25, 0.3) is 0 Å². The maximum Gasteiger partial charge on any atom is 0.324 e. The highest BCUT2D eigenvalue weighted by atomic mass is 16.2. The summed E-state index contributed by atoms with van der Waals surface area (Å²) < 4.78 is 0. The SMILES string of the molecule is C=C(CNCCC)CN1C(=O)CNC1=O. The normalized spacial score (nSPS) is 15.7. The summed E-state index contributed by atoms with van der Waals surface area (Å²) in [5, 5.41) is 5.64. The van der Waals surface area contributed by atoms with Gasteiger partial charge in [0.05, 0.1) is 13.1 Å². The predicted octanol–water partition coefficient (Wildman–Crippen LogP) is 0.0940. The fraction of sp³-hybridized carbons (Fsp3) is 0.600. The Morgan fingerprint density at radius 3 is 2.87 bits per heavy atom. The van der Waals surface area contributed by atoms with Crippen LogP contribution in [0.2, 0.25) is 0 Å². The minimum atomic E-state index is -0.323. The molecular formula is C10H17N3O2. The Labute approximate surface area is 89.5 Å². The molecule has 2 N–H and O–H groups in total. The van der Waals surface area contributed by atoms with Crippen molar-refractivity contribution in [3.8, 4) is 0 Å². The Hall–Kier alpha value is -1.36. The molecular weight excluding hydrogens is 194 g/mol. The van der Waals surface area contributed by atoms with Crippen molar-refractivity contribution < 1.29 is 9.59 Å². The number of hydrogen-bond donors (Lipinski definition) is 2. The number of amides is 3. The minimum Gasteiger partial charge on any atom is -0.329 e. The van der Waals surface area contributed by atoms with Crippen LogP contribution < -0.4 is 10.6 Å². The van der Waals surface area contributed by atoms with Gasteiger partial charge in [-0.1, -0.05) is 13.5 Å². The maximum atomic E-state index is 11.2. The number of urea groups is 1. The molecule has 3 amide bonds. The van der Waals surface area contributed by atoms with Crippen LogP contribution in [-0.4, -0.2) is 43.0 Å². The van der Waals surface area contributed by atoms with Gasteiger partial charge in [0.1, 0.15) is 0 Å². The molecule has 0 radical (unpaired) electrons. The summed E-state index contributed by atoms with van der Waals surface area (Å²) in [5.74, 6) is -0.184. The van der Waals surface area contributed by atoms with Gasteiger partial charge in [-0.05, 0) is 18.5 Å². The van der Waals surface area contributed by atoms with E-state index in [9.17, 15) is 9.59 Å². The number of imide groups is 1. The molecule has 0 aliphatic carbocycles. The molecule has 1 saturated heterocycles. The highest BCUT2D eigenvalue weighted by molar-refractivity contribution is 6.02. The van der Waals surface area contributed by atoms with Gasteiger partial charge in [0.2, 0.25) is 5.91 Å². The van der Waals surface area contributed by atoms with E-state index in [0.717, 1.165) is 18.5 Å². The number of carbonyl (C=O) groups excluding carboxylic acids is 2. The van der Waals surface area contributed by atoms with Crippen LogP contribution in [0.15, 0.2) is 12.2 Å². The van der Waals surface area contributed by atoms with Gasteiger partial charge in [-0.2, -0.15) is 0 Å². The second-order valence-electron chi connectivity index (χ2n) is 3.57. The highest BCUT2D eigenvalue weighted by Crippen LogP contribution is 2.02. The fourth-order valence-electron chi connectivity index (χ4n) is 1.34. The molecule has 0 spiro atoms. The summed E-state index contributed by atoms with van der Waals surface area (Å²) in [6.45, 7) is 7.87. The molecule has 84 valence electrons.